The predicted molar refractivity (Wildman–Crippen MR) is 136 cm³/mol. The van der Waals surface area contributed by atoms with Gasteiger partial charge in [0.05, 0.1) is 35.9 Å². The van der Waals surface area contributed by atoms with E-state index in [2.05, 4.69) is 39.5 Å². The molecule has 0 bridgehead atoms. The molecule has 0 spiro atoms. The number of tetrazole rings is 1. The molecule has 0 radical (unpaired) electrons. The van der Waals surface area contributed by atoms with E-state index in [0.717, 1.165) is 66.8 Å². The van der Waals surface area contributed by atoms with Crippen LogP contribution < -0.4 is 0 Å². The summed E-state index contributed by atoms with van der Waals surface area (Å²) in [5, 5.41) is 11.5. The van der Waals surface area contributed by atoms with Crippen molar-refractivity contribution in [3.63, 3.8) is 0 Å². The van der Waals surface area contributed by atoms with E-state index in [9.17, 15) is 9.59 Å². The first-order valence-corrected chi connectivity index (χ1v) is 13.4. The number of piperazine rings is 1. The van der Waals surface area contributed by atoms with Crippen molar-refractivity contribution in [1.82, 2.24) is 30.0 Å². The van der Waals surface area contributed by atoms with Crippen LogP contribution in [-0.2, 0) is 27.3 Å². The Hall–Kier alpha value is -3.63. The first kappa shape index (κ1) is 23.5. The van der Waals surface area contributed by atoms with Crippen LogP contribution in [0.25, 0.3) is 5.69 Å². The summed E-state index contributed by atoms with van der Waals surface area (Å²) in [6, 6.07) is 10.3. The first-order valence-electron chi connectivity index (χ1n) is 13.4. The third kappa shape index (κ3) is 3.90. The van der Waals surface area contributed by atoms with E-state index < -0.39 is 0 Å². The topological polar surface area (TPSA) is 103 Å². The summed E-state index contributed by atoms with van der Waals surface area (Å²) in [4.78, 5) is 30.2. The van der Waals surface area contributed by atoms with Crippen LogP contribution in [0.15, 0.2) is 36.7 Å². The summed E-state index contributed by atoms with van der Waals surface area (Å²) in [6.45, 7) is 6.00. The van der Waals surface area contributed by atoms with E-state index in [0.29, 0.717) is 25.3 Å². The molecule has 1 amide bonds. The van der Waals surface area contributed by atoms with Gasteiger partial charge in [-0.15, -0.1) is 5.10 Å². The molecule has 7 rings (SSSR count). The Balaban J connectivity index is 1.04. The lowest BCUT2D eigenvalue weighted by atomic mass is 9.81. The zero-order valence-electron chi connectivity index (χ0n) is 21.4. The maximum Gasteiger partial charge on any atom is 0.338 e. The van der Waals surface area contributed by atoms with E-state index in [4.69, 9.17) is 9.47 Å². The van der Waals surface area contributed by atoms with Gasteiger partial charge >= 0.3 is 5.97 Å². The summed E-state index contributed by atoms with van der Waals surface area (Å²) in [5.41, 5.74) is 7.12. The fourth-order valence-electron chi connectivity index (χ4n) is 6.59. The van der Waals surface area contributed by atoms with Crippen molar-refractivity contribution in [3.05, 3.63) is 70.0 Å². The van der Waals surface area contributed by atoms with Gasteiger partial charge in [-0.25, -0.2) is 9.48 Å². The molecule has 2 aromatic carbocycles. The molecule has 10 nitrogen and oxygen atoms in total. The molecule has 10 heteroatoms. The fraction of sp³-hybridized carbons (Fsp3) is 0.464. The quantitative estimate of drug-likeness (QED) is 0.491. The minimum atomic E-state index is -0.242. The van der Waals surface area contributed by atoms with Crippen molar-refractivity contribution < 1.29 is 19.1 Å². The van der Waals surface area contributed by atoms with Gasteiger partial charge < -0.3 is 14.4 Å². The van der Waals surface area contributed by atoms with Gasteiger partial charge in [0, 0.05) is 31.7 Å². The number of fused-ring (bicyclic) bond motifs is 3. The van der Waals surface area contributed by atoms with E-state index in [-0.39, 0.29) is 29.9 Å². The third-order valence-corrected chi connectivity index (χ3v) is 8.71. The third-order valence-electron chi connectivity index (χ3n) is 8.71. The van der Waals surface area contributed by atoms with Crippen LogP contribution in [0.5, 0.6) is 0 Å². The zero-order chi connectivity index (χ0) is 25.8. The molecular formula is C28H30N6O4. The van der Waals surface area contributed by atoms with Crippen molar-refractivity contribution >= 4 is 11.9 Å². The molecule has 196 valence electrons. The SMILES string of the molecule is Cc1c([C@H]2CN3CCN(C(=O)C4CCCc5cc(-n6cnnn6)ccc54)C[C@H]3CO2)ccc2c1COC2=O. The summed E-state index contributed by atoms with van der Waals surface area (Å²) in [6.07, 6.45) is 4.37. The number of aromatic nitrogens is 4. The van der Waals surface area contributed by atoms with Crippen LogP contribution in [0, 0.1) is 6.92 Å². The number of hydrogen-bond donors (Lipinski definition) is 0. The highest BCUT2D eigenvalue weighted by Crippen LogP contribution is 2.36. The maximum atomic E-state index is 13.8. The summed E-state index contributed by atoms with van der Waals surface area (Å²) >= 11 is 0. The normalized spacial score (nSPS) is 24.9. The lowest BCUT2D eigenvalue weighted by molar-refractivity contribution is -0.142. The molecule has 0 N–H and O–H groups in total. The highest BCUT2D eigenvalue weighted by atomic mass is 16.5. The highest BCUT2D eigenvalue weighted by molar-refractivity contribution is 5.94. The van der Waals surface area contributed by atoms with Crippen molar-refractivity contribution in [2.75, 3.05) is 32.8 Å². The Morgan fingerprint density at radius 3 is 2.87 bits per heavy atom. The Labute approximate surface area is 220 Å². The van der Waals surface area contributed by atoms with Gasteiger partial charge in [-0.1, -0.05) is 12.1 Å². The number of rotatable bonds is 3. The smallest absolute Gasteiger partial charge is 0.338 e. The second kappa shape index (κ2) is 9.28. The molecule has 1 aromatic heterocycles. The molecule has 0 saturated carbocycles. The number of hydrogen-bond acceptors (Lipinski definition) is 8. The molecule has 2 fully saturated rings. The average Bonchev–Trinajstić information content (AvgIpc) is 3.63. The molecule has 1 unspecified atom stereocenters. The second-order valence-corrected chi connectivity index (χ2v) is 10.7. The van der Waals surface area contributed by atoms with Gasteiger partial charge in [-0.05, 0) is 77.1 Å². The molecule has 3 aliphatic heterocycles. The molecule has 3 aromatic rings. The van der Waals surface area contributed by atoms with Crippen molar-refractivity contribution in [2.45, 2.75) is 50.9 Å². The molecular weight excluding hydrogens is 484 g/mol. The van der Waals surface area contributed by atoms with Crippen LogP contribution in [0.4, 0.5) is 0 Å². The monoisotopic (exact) mass is 514 g/mol. The van der Waals surface area contributed by atoms with Crippen LogP contribution in [-0.4, -0.2) is 80.7 Å². The van der Waals surface area contributed by atoms with Crippen LogP contribution >= 0.6 is 0 Å². The van der Waals surface area contributed by atoms with Gasteiger partial charge in [0.1, 0.15) is 12.9 Å². The number of carbonyl (C=O) groups is 2. The fourth-order valence-corrected chi connectivity index (χ4v) is 6.59. The second-order valence-electron chi connectivity index (χ2n) is 10.7. The van der Waals surface area contributed by atoms with E-state index in [1.165, 1.54) is 5.56 Å². The molecule has 2 saturated heterocycles. The predicted octanol–water partition coefficient (Wildman–Crippen LogP) is 2.35. The van der Waals surface area contributed by atoms with Crippen molar-refractivity contribution in [1.29, 1.82) is 0 Å². The van der Waals surface area contributed by atoms with Gasteiger partial charge in [0.15, 0.2) is 0 Å². The molecule has 38 heavy (non-hydrogen) atoms. The Morgan fingerprint density at radius 1 is 1.11 bits per heavy atom. The van der Waals surface area contributed by atoms with Crippen molar-refractivity contribution in [2.24, 2.45) is 0 Å². The van der Waals surface area contributed by atoms with Gasteiger partial charge in [0.2, 0.25) is 5.91 Å². The Morgan fingerprint density at radius 2 is 2.00 bits per heavy atom. The number of aryl methyl sites for hydroxylation is 1. The minimum absolute atomic E-state index is 0.0471. The molecule has 3 atom stereocenters. The largest absolute Gasteiger partial charge is 0.457 e. The van der Waals surface area contributed by atoms with Gasteiger partial charge in [-0.2, -0.15) is 0 Å². The number of amides is 1. The number of morpholine rings is 1. The number of benzene rings is 2. The summed E-state index contributed by atoms with van der Waals surface area (Å²) < 4.78 is 13.2. The van der Waals surface area contributed by atoms with Crippen LogP contribution in [0.3, 0.4) is 0 Å². The molecule has 4 aliphatic rings. The van der Waals surface area contributed by atoms with Crippen molar-refractivity contribution in [3.8, 4) is 5.69 Å². The van der Waals surface area contributed by atoms with E-state index >= 15 is 0 Å². The lowest BCUT2D eigenvalue weighted by Crippen LogP contribution is -2.60. The number of nitrogens with zero attached hydrogens (tertiary/aromatic N) is 6. The highest BCUT2D eigenvalue weighted by Gasteiger charge is 2.39. The summed E-state index contributed by atoms with van der Waals surface area (Å²) in [5.74, 6) is -0.125. The molecule has 1 aliphatic carbocycles. The van der Waals surface area contributed by atoms with Gasteiger partial charge in [0.25, 0.3) is 0 Å². The first-order chi connectivity index (χ1) is 18.6. The zero-order valence-corrected chi connectivity index (χ0v) is 21.4. The lowest BCUT2D eigenvalue weighted by Gasteiger charge is -2.47. The number of carbonyl (C=O) groups excluding carboxylic acids is 2. The molecule has 4 heterocycles. The van der Waals surface area contributed by atoms with Crippen LogP contribution in [0.1, 0.15) is 63.0 Å². The van der Waals surface area contributed by atoms with E-state index in [1.807, 2.05) is 23.1 Å². The number of esters is 1. The maximum absolute atomic E-state index is 13.8. The van der Waals surface area contributed by atoms with Crippen LogP contribution in [0.2, 0.25) is 0 Å². The Bertz CT molecular complexity index is 1410. The summed E-state index contributed by atoms with van der Waals surface area (Å²) in [7, 11) is 0. The minimum Gasteiger partial charge on any atom is -0.457 e. The number of ether oxygens (including phenoxy) is 2. The number of cyclic esters (lactones) is 1. The Kier molecular flexibility index (Phi) is 5.74. The average molecular weight is 515 g/mol. The standard InChI is InChI=1S/C28H30N6O4/c1-17-21(7-8-24-25(17)15-38-28(24)36)26-13-32-9-10-33(12-20(32)14-37-26)27(35)23-4-2-3-18-11-19(5-6-22(18)23)34-16-29-30-31-34/h5-8,11,16,20,23,26H,2-4,9-10,12-15H2,1H3/t20-,23?,26+/m0/s1. The van der Waals surface area contributed by atoms with E-state index in [1.54, 1.807) is 11.0 Å². The van der Waals surface area contributed by atoms with Gasteiger partial charge in [-0.3, -0.25) is 9.69 Å².